The number of hydrogen-bond donors (Lipinski definition) is 3. The number of benzene rings is 2. The van der Waals surface area contributed by atoms with E-state index in [4.69, 9.17) is 5.11 Å². The Morgan fingerprint density at radius 1 is 1.10 bits per heavy atom. The number of rotatable bonds is 6. The number of aliphatic hydroxyl groups is 1. The van der Waals surface area contributed by atoms with E-state index in [1.165, 1.54) is 0 Å². The predicted molar refractivity (Wildman–Crippen MR) is 81.1 cm³/mol. The molecule has 0 aromatic heterocycles. The van der Waals surface area contributed by atoms with E-state index in [0.717, 1.165) is 11.1 Å². The number of aliphatic hydroxyl groups excluding tert-OH is 1. The van der Waals surface area contributed by atoms with Crippen molar-refractivity contribution in [3.63, 3.8) is 0 Å². The van der Waals surface area contributed by atoms with Crippen molar-refractivity contribution >= 4 is 5.97 Å². The summed E-state index contributed by atoms with van der Waals surface area (Å²) >= 11 is 0. The maximum atomic E-state index is 10.8. The number of carboxylic acids is 1. The normalized spacial score (nSPS) is 13.6. The molecule has 4 nitrogen and oxygen atoms in total. The molecular weight excluding hydrogens is 266 g/mol. The van der Waals surface area contributed by atoms with Gasteiger partial charge in [0.2, 0.25) is 0 Å². The lowest BCUT2D eigenvalue weighted by molar-refractivity contribution is 0.0697. The van der Waals surface area contributed by atoms with Crippen LogP contribution < -0.4 is 5.32 Å². The molecule has 0 spiro atoms. The standard InChI is InChI=1S/C17H19NO3/c1-17(12-19,15-5-3-2-4-6-15)18-11-13-7-9-14(10-8-13)16(20)21/h2-10,18-19H,11-12H2,1H3,(H,20,21). The van der Waals surface area contributed by atoms with E-state index in [9.17, 15) is 9.90 Å². The Balaban J connectivity index is 2.08. The van der Waals surface area contributed by atoms with Crippen molar-refractivity contribution in [3.05, 3.63) is 71.3 Å². The van der Waals surface area contributed by atoms with Crippen LogP contribution in [0.3, 0.4) is 0 Å². The molecule has 3 N–H and O–H groups in total. The molecule has 4 heteroatoms. The van der Waals surface area contributed by atoms with Crippen LogP contribution in [0.5, 0.6) is 0 Å². The molecule has 0 aliphatic rings. The lowest BCUT2D eigenvalue weighted by atomic mass is 9.92. The molecule has 0 saturated heterocycles. The first-order chi connectivity index (χ1) is 10.0. The summed E-state index contributed by atoms with van der Waals surface area (Å²) in [5.74, 6) is -0.931. The Labute approximate surface area is 124 Å². The third-order valence-corrected chi connectivity index (χ3v) is 3.61. The molecule has 2 aromatic rings. The molecule has 0 heterocycles. The van der Waals surface area contributed by atoms with Crippen LogP contribution in [0.2, 0.25) is 0 Å². The maximum absolute atomic E-state index is 10.8. The Morgan fingerprint density at radius 3 is 2.24 bits per heavy atom. The second-order valence-electron chi connectivity index (χ2n) is 5.21. The Morgan fingerprint density at radius 2 is 1.71 bits per heavy atom. The topological polar surface area (TPSA) is 69.6 Å². The van der Waals surface area contributed by atoms with Gasteiger partial charge in [-0.05, 0) is 30.2 Å². The minimum atomic E-state index is -0.931. The molecule has 21 heavy (non-hydrogen) atoms. The number of nitrogens with one attached hydrogen (secondary N) is 1. The monoisotopic (exact) mass is 285 g/mol. The summed E-state index contributed by atoms with van der Waals surface area (Å²) in [5, 5.41) is 21.9. The maximum Gasteiger partial charge on any atom is 0.335 e. The number of aromatic carboxylic acids is 1. The molecule has 1 atom stereocenters. The molecular formula is C17H19NO3. The van der Waals surface area contributed by atoms with Crippen LogP contribution in [0.25, 0.3) is 0 Å². The van der Waals surface area contributed by atoms with Crippen LogP contribution in [0.15, 0.2) is 54.6 Å². The molecule has 2 aromatic carbocycles. The molecule has 0 bridgehead atoms. The molecule has 0 amide bonds. The second kappa shape index (κ2) is 6.52. The molecule has 0 aliphatic carbocycles. The first-order valence-electron chi connectivity index (χ1n) is 6.79. The summed E-state index contributed by atoms with van der Waals surface area (Å²) in [5.41, 5.74) is 1.71. The average molecular weight is 285 g/mol. The van der Waals surface area contributed by atoms with Crippen molar-refractivity contribution in [2.24, 2.45) is 0 Å². The van der Waals surface area contributed by atoms with Crippen LogP contribution in [0, 0.1) is 0 Å². The fourth-order valence-corrected chi connectivity index (χ4v) is 2.12. The van der Waals surface area contributed by atoms with Gasteiger partial charge < -0.3 is 15.5 Å². The van der Waals surface area contributed by atoms with Gasteiger partial charge in [-0.3, -0.25) is 0 Å². The van der Waals surface area contributed by atoms with E-state index in [1.807, 2.05) is 37.3 Å². The fraction of sp³-hybridized carbons (Fsp3) is 0.235. The van der Waals surface area contributed by atoms with Crippen molar-refractivity contribution in [1.29, 1.82) is 0 Å². The zero-order chi connectivity index (χ0) is 15.3. The summed E-state index contributed by atoms with van der Waals surface area (Å²) in [6.45, 7) is 2.46. The zero-order valence-corrected chi connectivity index (χ0v) is 11.9. The smallest absolute Gasteiger partial charge is 0.335 e. The highest BCUT2D eigenvalue weighted by Gasteiger charge is 2.24. The van der Waals surface area contributed by atoms with Crippen LogP contribution in [-0.4, -0.2) is 22.8 Å². The zero-order valence-electron chi connectivity index (χ0n) is 11.9. The molecule has 1 unspecified atom stereocenters. The van der Waals surface area contributed by atoms with Crippen molar-refractivity contribution in [3.8, 4) is 0 Å². The van der Waals surface area contributed by atoms with E-state index in [2.05, 4.69) is 5.32 Å². The van der Waals surface area contributed by atoms with Crippen molar-refractivity contribution in [2.45, 2.75) is 19.0 Å². The van der Waals surface area contributed by atoms with E-state index in [-0.39, 0.29) is 12.2 Å². The Kier molecular flexibility index (Phi) is 4.73. The molecule has 0 fully saturated rings. The van der Waals surface area contributed by atoms with E-state index in [1.54, 1.807) is 24.3 Å². The number of carbonyl (C=O) groups is 1. The SMILES string of the molecule is CC(CO)(NCc1ccc(C(=O)O)cc1)c1ccccc1. The summed E-state index contributed by atoms with van der Waals surface area (Å²) in [6, 6.07) is 16.5. The Hall–Kier alpha value is -2.17. The van der Waals surface area contributed by atoms with Crippen molar-refractivity contribution < 1.29 is 15.0 Å². The van der Waals surface area contributed by atoms with Gasteiger partial charge in [-0.1, -0.05) is 42.5 Å². The quantitative estimate of drug-likeness (QED) is 0.762. The summed E-state index contributed by atoms with van der Waals surface area (Å²) in [7, 11) is 0. The lowest BCUT2D eigenvalue weighted by Gasteiger charge is -2.29. The highest BCUT2D eigenvalue weighted by atomic mass is 16.4. The van der Waals surface area contributed by atoms with Crippen LogP contribution in [-0.2, 0) is 12.1 Å². The molecule has 110 valence electrons. The van der Waals surface area contributed by atoms with Gasteiger partial charge in [0.05, 0.1) is 17.7 Å². The number of hydrogen-bond acceptors (Lipinski definition) is 3. The molecule has 0 aliphatic heterocycles. The fourth-order valence-electron chi connectivity index (χ4n) is 2.12. The van der Waals surface area contributed by atoms with E-state index >= 15 is 0 Å². The predicted octanol–water partition coefficient (Wildman–Crippen LogP) is 2.38. The number of carboxylic acid groups (broad SMARTS) is 1. The molecule has 0 radical (unpaired) electrons. The van der Waals surface area contributed by atoms with Crippen molar-refractivity contribution in [2.75, 3.05) is 6.61 Å². The first kappa shape index (κ1) is 15.2. The van der Waals surface area contributed by atoms with Gasteiger partial charge in [0.15, 0.2) is 0 Å². The minimum Gasteiger partial charge on any atom is -0.478 e. The van der Waals surface area contributed by atoms with E-state index in [0.29, 0.717) is 6.54 Å². The van der Waals surface area contributed by atoms with Crippen LogP contribution >= 0.6 is 0 Å². The van der Waals surface area contributed by atoms with Gasteiger partial charge in [-0.2, -0.15) is 0 Å². The largest absolute Gasteiger partial charge is 0.478 e. The average Bonchev–Trinajstić information content (AvgIpc) is 2.54. The third kappa shape index (κ3) is 3.68. The molecule has 0 saturated carbocycles. The summed E-state index contributed by atoms with van der Waals surface area (Å²) < 4.78 is 0. The highest BCUT2D eigenvalue weighted by molar-refractivity contribution is 5.87. The lowest BCUT2D eigenvalue weighted by Crippen LogP contribution is -2.42. The molecule has 2 rings (SSSR count). The second-order valence-corrected chi connectivity index (χ2v) is 5.21. The van der Waals surface area contributed by atoms with Crippen LogP contribution in [0.4, 0.5) is 0 Å². The highest BCUT2D eigenvalue weighted by Crippen LogP contribution is 2.20. The van der Waals surface area contributed by atoms with Gasteiger partial charge in [-0.15, -0.1) is 0 Å². The van der Waals surface area contributed by atoms with Gasteiger partial charge in [-0.25, -0.2) is 4.79 Å². The van der Waals surface area contributed by atoms with Crippen LogP contribution in [0.1, 0.15) is 28.4 Å². The van der Waals surface area contributed by atoms with Gasteiger partial charge in [0.25, 0.3) is 0 Å². The third-order valence-electron chi connectivity index (χ3n) is 3.61. The summed E-state index contributed by atoms with van der Waals surface area (Å²) in [6.07, 6.45) is 0. The summed E-state index contributed by atoms with van der Waals surface area (Å²) in [4.78, 5) is 10.8. The minimum absolute atomic E-state index is 0.0236. The van der Waals surface area contributed by atoms with Gasteiger partial charge in [0, 0.05) is 6.54 Å². The van der Waals surface area contributed by atoms with Crippen molar-refractivity contribution in [1.82, 2.24) is 5.32 Å². The van der Waals surface area contributed by atoms with Gasteiger partial charge >= 0.3 is 5.97 Å². The van der Waals surface area contributed by atoms with E-state index < -0.39 is 11.5 Å². The van der Waals surface area contributed by atoms with Gasteiger partial charge in [0.1, 0.15) is 0 Å². The Bertz CT molecular complexity index is 595. The first-order valence-corrected chi connectivity index (χ1v) is 6.79.